The fourth-order valence-electron chi connectivity index (χ4n) is 1.91. The Morgan fingerprint density at radius 2 is 2.26 bits per heavy atom. The molecule has 0 aliphatic carbocycles. The number of hydrogen-bond donors (Lipinski definition) is 1. The molecule has 2 heterocycles. The van der Waals surface area contributed by atoms with Crippen LogP contribution in [-0.2, 0) is 17.0 Å². The first-order valence-electron chi connectivity index (χ1n) is 7.72. The van der Waals surface area contributed by atoms with Gasteiger partial charge in [-0.25, -0.2) is 4.98 Å². The van der Waals surface area contributed by atoms with E-state index in [1.165, 1.54) is 33.7 Å². The minimum atomic E-state index is -0.164. The molecule has 2 aromatic rings. The van der Waals surface area contributed by atoms with Crippen molar-refractivity contribution in [2.45, 2.75) is 39.4 Å². The SMILES string of the molecule is CCc1nn2c(=O)cc(CSCC(=O)NCCC(C)C)nc2s1. The fraction of sp³-hybridized carbons (Fsp3) is 0.600. The summed E-state index contributed by atoms with van der Waals surface area (Å²) in [5, 5.41) is 8.01. The quantitative estimate of drug-likeness (QED) is 0.786. The number of aryl methyl sites for hydroxylation is 1. The third kappa shape index (κ3) is 5.31. The Hall–Kier alpha value is -1.41. The average Bonchev–Trinajstić information content (AvgIpc) is 2.90. The zero-order valence-corrected chi connectivity index (χ0v) is 15.3. The highest BCUT2D eigenvalue weighted by Crippen LogP contribution is 2.14. The maximum atomic E-state index is 12.0. The Kier molecular flexibility index (Phi) is 6.59. The van der Waals surface area contributed by atoms with Gasteiger partial charge in [-0.1, -0.05) is 32.1 Å². The third-order valence-electron chi connectivity index (χ3n) is 3.17. The minimum absolute atomic E-state index is 0.0273. The summed E-state index contributed by atoms with van der Waals surface area (Å²) in [4.78, 5) is 28.8. The summed E-state index contributed by atoms with van der Waals surface area (Å²) < 4.78 is 1.34. The van der Waals surface area contributed by atoms with Crippen LogP contribution in [-0.4, -0.2) is 32.8 Å². The number of nitrogens with one attached hydrogen (secondary N) is 1. The van der Waals surface area contributed by atoms with E-state index in [2.05, 4.69) is 29.2 Å². The second-order valence-electron chi connectivity index (χ2n) is 5.65. The molecule has 0 bridgehead atoms. The van der Waals surface area contributed by atoms with Crippen molar-refractivity contribution in [3.63, 3.8) is 0 Å². The lowest BCUT2D eigenvalue weighted by Crippen LogP contribution is -2.27. The highest BCUT2D eigenvalue weighted by Gasteiger charge is 2.09. The predicted molar refractivity (Wildman–Crippen MR) is 95.1 cm³/mol. The summed E-state index contributed by atoms with van der Waals surface area (Å²) in [6.07, 6.45) is 1.77. The first-order chi connectivity index (χ1) is 11.0. The molecule has 8 heteroatoms. The third-order valence-corrected chi connectivity index (χ3v) is 5.19. The molecular formula is C15H22N4O2S2. The Bertz CT molecular complexity index is 724. The summed E-state index contributed by atoms with van der Waals surface area (Å²) in [5.41, 5.74) is 0.532. The molecule has 0 aliphatic heterocycles. The van der Waals surface area contributed by atoms with Gasteiger partial charge < -0.3 is 5.32 Å². The number of thioether (sulfide) groups is 1. The molecule has 0 radical (unpaired) electrons. The van der Waals surface area contributed by atoms with Crippen LogP contribution >= 0.6 is 23.1 Å². The molecule has 0 atom stereocenters. The summed E-state index contributed by atoms with van der Waals surface area (Å²) in [6, 6.07) is 1.50. The van der Waals surface area contributed by atoms with E-state index in [1.54, 1.807) is 0 Å². The van der Waals surface area contributed by atoms with Crippen LogP contribution in [0.4, 0.5) is 0 Å². The minimum Gasteiger partial charge on any atom is -0.355 e. The normalized spacial score (nSPS) is 11.3. The average molecular weight is 355 g/mol. The van der Waals surface area contributed by atoms with Gasteiger partial charge in [0.1, 0.15) is 5.01 Å². The highest BCUT2D eigenvalue weighted by molar-refractivity contribution is 7.99. The number of amides is 1. The molecule has 0 aliphatic rings. The molecule has 0 spiro atoms. The van der Waals surface area contributed by atoms with Crippen LogP contribution in [0.5, 0.6) is 0 Å². The molecule has 0 saturated heterocycles. The van der Waals surface area contributed by atoms with E-state index < -0.39 is 0 Å². The Morgan fingerprint density at radius 1 is 1.48 bits per heavy atom. The number of aromatic nitrogens is 3. The largest absolute Gasteiger partial charge is 0.355 e. The predicted octanol–water partition coefficient (Wildman–Crippen LogP) is 2.11. The van der Waals surface area contributed by atoms with Crippen molar-refractivity contribution in [3.8, 4) is 0 Å². The lowest BCUT2D eigenvalue weighted by Gasteiger charge is -2.06. The van der Waals surface area contributed by atoms with Gasteiger partial charge in [-0.15, -0.1) is 11.8 Å². The number of carbonyl (C=O) groups excluding carboxylic acids is 1. The zero-order chi connectivity index (χ0) is 16.8. The van der Waals surface area contributed by atoms with Gasteiger partial charge in [-0.2, -0.15) is 9.61 Å². The van der Waals surface area contributed by atoms with Crippen LogP contribution in [0.3, 0.4) is 0 Å². The Labute approximate surface area is 143 Å². The first kappa shape index (κ1) is 17.9. The van der Waals surface area contributed by atoms with Gasteiger partial charge in [-0.3, -0.25) is 9.59 Å². The Morgan fingerprint density at radius 3 is 2.96 bits per heavy atom. The smallest absolute Gasteiger partial charge is 0.275 e. The van der Waals surface area contributed by atoms with Gasteiger partial charge in [0.05, 0.1) is 11.4 Å². The summed E-state index contributed by atoms with van der Waals surface area (Å²) in [7, 11) is 0. The molecule has 6 nitrogen and oxygen atoms in total. The van der Waals surface area contributed by atoms with Gasteiger partial charge >= 0.3 is 0 Å². The molecule has 126 valence electrons. The Balaban J connectivity index is 1.87. The van der Waals surface area contributed by atoms with E-state index in [1.807, 2.05) is 6.92 Å². The maximum absolute atomic E-state index is 12.0. The van der Waals surface area contributed by atoms with E-state index in [9.17, 15) is 9.59 Å². The van der Waals surface area contributed by atoms with Crippen molar-refractivity contribution < 1.29 is 4.79 Å². The number of hydrogen-bond acceptors (Lipinski definition) is 6. The topological polar surface area (TPSA) is 76.4 Å². The molecule has 0 unspecified atom stereocenters. The first-order valence-corrected chi connectivity index (χ1v) is 9.69. The maximum Gasteiger partial charge on any atom is 0.275 e. The molecule has 0 fully saturated rings. The molecule has 0 saturated carbocycles. The highest BCUT2D eigenvalue weighted by atomic mass is 32.2. The van der Waals surface area contributed by atoms with Crippen molar-refractivity contribution in [1.29, 1.82) is 0 Å². The van der Waals surface area contributed by atoms with Gasteiger partial charge in [0.2, 0.25) is 10.9 Å². The molecule has 2 aromatic heterocycles. The van der Waals surface area contributed by atoms with Crippen LogP contribution in [0.15, 0.2) is 10.9 Å². The lowest BCUT2D eigenvalue weighted by atomic mass is 10.1. The van der Waals surface area contributed by atoms with E-state index in [0.717, 1.165) is 17.8 Å². The zero-order valence-electron chi connectivity index (χ0n) is 13.7. The van der Waals surface area contributed by atoms with Gasteiger partial charge in [0.25, 0.3) is 5.56 Å². The molecule has 0 aromatic carbocycles. The fourth-order valence-corrected chi connectivity index (χ4v) is 3.52. The van der Waals surface area contributed by atoms with Gasteiger partial charge in [0.15, 0.2) is 0 Å². The van der Waals surface area contributed by atoms with Crippen LogP contribution in [0.2, 0.25) is 0 Å². The summed E-state index contributed by atoms with van der Waals surface area (Å²) in [6.45, 7) is 6.97. The van der Waals surface area contributed by atoms with E-state index >= 15 is 0 Å². The summed E-state index contributed by atoms with van der Waals surface area (Å²) >= 11 is 2.90. The van der Waals surface area contributed by atoms with Crippen LogP contribution in [0.1, 0.15) is 37.9 Å². The van der Waals surface area contributed by atoms with Crippen molar-refractivity contribution >= 4 is 34.0 Å². The second kappa shape index (κ2) is 8.44. The number of fused-ring (bicyclic) bond motifs is 1. The van der Waals surface area contributed by atoms with Gasteiger partial charge in [0, 0.05) is 18.4 Å². The lowest BCUT2D eigenvalue weighted by molar-refractivity contribution is -0.118. The van der Waals surface area contributed by atoms with Gasteiger partial charge in [-0.05, 0) is 18.8 Å². The monoisotopic (exact) mass is 354 g/mol. The number of nitrogens with zero attached hydrogens (tertiary/aromatic N) is 3. The molecule has 1 N–H and O–H groups in total. The second-order valence-corrected chi connectivity index (χ2v) is 7.68. The van der Waals surface area contributed by atoms with Crippen molar-refractivity contribution in [2.24, 2.45) is 5.92 Å². The van der Waals surface area contributed by atoms with Crippen LogP contribution in [0.25, 0.3) is 4.96 Å². The molecule has 2 rings (SSSR count). The molecule has 1 amide bonds. The van der Waals surface area contributed by atoms with E-state index in [-0.39, 0.29) is 11.5 Å². The van der Waals surface area contributed by atoms with Crippen molar-refractivity contribution in [1.82, 2.24) is 19.9 Å². The van der Waals surface area contributed by atoms with Crippen molar-refractivity contribution in [2.75, 3.05) is 12.3 Å². The number of carbonyl (C=O) groups is 1. The van der Waals surface area contributed by atoms with Crippen LogP contribution < -0.4 is 10.9 Å². The van der Waals surface area contributed by atoms with Crippen molar-refractivity contribution in [3.05, 3.63) is 27.1 Å². The standard InChI is InChI=1S/C15H22N4O2S2/c1-4-13-18-19-14(21)7-11(17-15(19)23-13)8-22-9-12(20)16-6-5-10(2)3/h7,10H,4-6,8-9H2,1-3H3,(H,16,20). The molecular weight excluding hydrogens is 332 g/mol. The van der Waals surface area contributed by atoms with E-state index in [0.29, 0.717) is 34.6 Å². The number of rotatable bonds is 8. The van der Waals surface area contributed by atoms with Crippen LogP contribution in [0, 0.1) is 5.92 Å². The van der Waals surface area contributed by atoms with E-state index in [4.69, 9.17) is 0 Å². The molecule has 23 heavy (non-hydrogen) atoms. The summed E-state index contributed by atoms with van der Waals surface area (Å²) in [5.74, 6) is 1.53.